The van der Waals surface area contributed by atoms with E-state index in [2.05, 4.69) is 4.90 Å². The van der Waals surface area contributed by atoms with Crippen LogP contribution in [0.2, 0.25) is 0 Å². The molecule has 5 heteroatoms. The number of nitrogens with zero attached hydrogens (tertiary/aromatic N) is 2. The summed E-state index contributed by atoms with van der Waals surface area (Å²) < 4.78 is 1.58. The van der Waals surface area contributed by atoms with Gasteiger partial charge in [0.25, 0.3) is 0 Å². The molecule has 0 amide bonds. The molecule has 2 bridgehead atoms. The van der Waals surface area contributed by atoms with Crippen molar-refractivity contribution in [2.75, 3.05) is 19.6 Å². The molecule has 0 aromatic carbocycles. The fourth-order valence-corrected chi connectivity index (χ4v) is 3.50. The van der Waals surface area contributed by atoms with Gasteiger partial charge >= 0.3 is 4.87 Å². The van der Waals surface area contributed by atoms with E-state index in [1.54, 1.807) is 9.95 Å². The lowest BCUT2D eigenvalue weighted by Gasteiger charge is -2.44. The summed E-state index contributed by atoms with van der Waals surface area (Å²) in [6, 6.07) is 0.200. The second kappa shape index (κ2) is 3.35. The van der Waals surface area contributed by atoms with Crippen molar-refractivity contribution in [3.8, 4) is 5.88 Å². The average molecular weight is 226 g/mol. The van der Waals surface area contributed by atoms with E-state index < -0.39 is 0 Å². The Hall–Kier alpha value is -0.810. The van der Waals surface area contributed by atoms with Crippen molar-refractivity contribution < 1.29 is 5.11 Å². The fourth-order valence-electron chi connectivity index (χ4n) is 2.84. The molecule has 82 valence electrons. The van der Waals surface area contributed by atoms with Gasteiger partial charge in [-0.3, -0.25) is 9.36 Å². The van der Waals surface area contributed by atoms with E-state index in [0.717, 1.165) is 43.8 Å². The molecule has 3 aliphatic rings. The van der Waals surface area contributed by atoms with Crippen LogP contribution in [0.25, 0.3) is 0 Å². The second-order valence-corrected chi connectivity index (χ2v) is 5.26. The molecule has 0 aliphatic carbocycles. The molecule has 1 unspecified atom stereocenters. The lowest BCUT2D eigenvalue weighted by Crippen LogP contribution is -2.49. The van der Waals surface area contributed by atoms with Crippen molar-refractivity contribution in [3.63, 3.8) is 0 Å². The third kappa shape index (κ3) is 1.41. The molecule has 0 spiro atoms. The maximum Gasteiger partial charge on any atom is 0.310 e. The van der Waals surface area contributed by atoms with Gasteiger partial charge in [-0.1, -0.05) is 11.3 Å². The summed E-state index contributed by atoms with van der Waals surface area (Å²) >= 11 is 1.09. The fraction of sp³-hybridized carbons (Fsp3) is 0.700. The van der Waals surface area contributed by atoms with Crippen molar-refractivity contribution in [3.05, 3.63) is 15.0 Å². The molecule has 4 nitrogen and oxygen atoms in total. The van der Waals surface area contributed by atoms with Gasteiger partial charge in [-0.15, -0.1) is 0 Å². The van der Waals surface area contributed by atoms with Crippen molar-refractivity contribution in [2.24, 2.45) is 5.92 Å². The highest BCUT2D eigenvalue weighted by Gasteiger charge is 2.36. The predicted molar refractivity (Wildman–Crippen MR) is 58.4 cm³/mol. The summed E-state index contributed by atoms with van der Waals surface area (Å²) in [6.45, 7) is 3.23. The van der Waals surface area contributed by atoms with Gasteiger partial charge in [0.1, 0.15) is 0 Å². The number of thiazole rings is 1. The second-order valence-electron chi connectivity index (χ2n) is 4.44. The molecule has 0 radical (unpaired) electrons. The Morgan fingerprint density at radius 1 is 1.40 bits per heavy atom. The van der Waals surface area contributed by atoms with Crippen molar-refractivity contribution in [1.82, 2.24) is 9.47 Å². The van der Waals surface area contributed by atoms with Crippen LogP contribution in [0.1, 0.15) is 18.9 Å². The van der Waals surface area contributed by atoms with Gasteiger partial charge in [-0.05, 0) is 31.8 Å². The van der Waals surface area contributed by atoms with Crippen molar-refractivity contribution in [2.45, 2.75) is 18.9 Å². The number of rotatable bonds is 1. The Kier molecular flexibility index (Phi) is 2.10. The normalized spacial score (nSPS) is 34.5. The molecular weight excluding hydrogens is 212 g/mol. The molecule has 1 N–H and O–H groups in total. The highest BCUT2D eigenvalue weighted by Crippen LogP contribution is 2.36. The molecule has 1 aromatic heterocycles. The molecule has 15 heavy (non-hydrogen) atoms. The van der Waals surface area contributed by atoms with Gasteiger partial charge in [0.15, 0.2) is 0 Å². The Morgan fingerprint density at radius 2 is 2.13 bits per heavy atom. The van der Waals surface area contributed by atoms with Crippen LogP contribution in [0.15, 0.2) is 10.2 Å². The van der Waals surface area contributed by atoms with E-state index in [0.29, 0.717) is 5.92 Å². The first-order valence-electron chi connectivity index (χ1n) is 5.37. The Bertz CT molecular complexity index is 417. The SMILES string of the molecule is O=c1scc(O)n1C1CN2CCC1CC2. The number of hydrogen-bond donors (Lipinski definition) is 1. The minimum atomic E-state index is -0.0220. The molecule has 0 saturated carbocycles. The maximum atomic E-state index is 11.6. The van der Waals surface area contributed by atoms with Crippen LogP contribution in [0.4, 0.5) is 0 Å². The average Bonchev–Trinajstić information content (AvgIpc) is 2.60. The van der Waals surface area contributed by atoms with E-state index in [-0.39, 0.29) is 16.8 Å². The van der Waals surface area contributed by atoms with E-state index in [9.17, 15) is 9.90 Å². The number of piperidine rings is 3. The minimum Gasteiger partial charge on any atom is -0.494 e. The van der Waals surface area contributed by atoms with Crippen LogP contribution in [-0.4, -0.2) is 34.2 Å². The van der Waals surface area contributed by atoms with E-state index >= 15 is 0 Å². The van der Waals surface area contributed by atoms with Gasteiger partial charge in [-0.2, -0.15) is 0 Å². The molecule has 1 atom stereocenters. The van der Waals surface area contributed by atoms with Crippen LogP contribution >= 0.6 is 11.3 Å². The molecule has 3 aliphatic heterocycles. The Balaban J connectivity index is 1.98. The van der Waals surface area contributed by atoms with Gasteiger partial charge < -0.3 is 10.0 Å². The van der Waals surface area contributed by atoms with Crippen LogP contribution < -0.4 is 4.87 Å². The Labute approximate surface area is 91.8 Å². The summed E-state index contributed by atoms with van der Waals surface area (Å²) in [4.78, 5) is 14.0. The highest BCUT2D eigenvalue weighted by molar-refractivity contribution is 7.07. The lowest BCUT2D eigenvalue weighted by molar-refractivity contribution is 0.0527. The predicted octanol–water partition coefficient (Wildman–Crippen LogP) is 0.882. The third-order valence-electron chi connectivity index (χ3n) is 3.66. The Morgan fingerprint density at radius 3 is 2.60 bits per heavy atom. The number of fused-ring (bicyclic) bond motifs is 3. The molecule has 1 aromatic rings. The maximum absolute atomic E-state index is 11.6. The lowest BCUT2D eigenvalue weighted by atomic mass is 9.84. The van der Waals surface area contributed by atoms with Crippen molar-refractivity contribution in [1.29, 1.82) is 0 Å². The van der Waals surface area contributed by atoms with Gasteiger partial charge in [0.2, 0.25) is 5.88 Å². The summed E-state index contributed by atoms with van der Waals surface area (Å²) in [5.41, 5.74) is 0. The first kappa shape index (κ1) is 9.42. The summed E-state index contributed by atoms with van der Waals surface area (Å²) in [6.07, 6.45) is 2.32. The number of aromatic hydroxyl groups is 1. The number of hydrogen-bond acceptors (Lipinski definition) is 4. The highest BCUT2D eigenvalue weighted by atomic mass is 32.1. The molecule has 3 saturated heterocycles. The molecular formula is C10H14N2O2S. The molecule has 4 rings (SSSR count). The number of aromatic nitrogens is 1. The first-order chi connectivity index (χ1) is 7.25. The van der Waals surface area contributed by atoms with Crippen LogP contribution in [0.3, 0.4) is 0 Å². The standard InChI is InChI=1S/C10H14N2O2S/c13-9-6-15-10(14)12(9)8-5-11-3-1-7(8)2-4-11/h6-8,13H,1-5H2. The first-order valence-corrected chi connectivity index (χ1v) is 6.25. The zero-order chi connectivity index (χ0) is 10.4. The monoisotopic (exact) mass is 226 g/mol. The molecule has 4 heterocycles. The van der Waals surface area contributed by atoms with Gasteiger partial charge in [-0.25, -0.2) is 0 Å². The zero-order valence-corrected chi connectivity index (χ0v) is 9.24. The van der Waals surface area contributed by atoms with Crippen LogP contribution in [0, 0.1) is 5.92 Å². The summed E-state index contributed by atoms with van der Waals surface area (Å²) in [7, 11) is 0. The largest absolute Gasteiger partial charge is 0.494 e. The third-order valence-corrected chi connectivity index (χ3v) is 4.39. The smallest absolute Gasteiger partial charge is 0.310 e. The molecule has 3 fully saturated rings. The minimum absolute atomic E-state index is 0.0220. The van der Waals surface area contributed by atoms with E-state index in [1.165, 1.54) is 0 Å². The van der Waals surface area contributed by atoms with E-state index in [1.807, 2.05) is 0 Å². The van der Waals surface area contributed by atoms with Crippen LogP contribution in [-0.2, 0) is 0 Å². The van der Waals surface area contributed by atoms with Gasteiger partial charge in [0.05, 0.1) is 11.4 Å². The van der Waals surface area contributed by atoms with Crippen molar-refractivity contribution >= 4 is 11.3 Å². The van der Waals surface area contributed by atoms with E-state index in [4.69, 9.17) is 0 Å². The summed E-state index contributed by atoms with van der Waals surface area (Å²) in [5.74, 6) is 0.719. The van der Waals surface area contributed by atoms with Gasteiger partial charge in [0, 0.05) is 6.54 Å². The topological polar surface area (TPSA) is 45.5 Å². The quantitative estimate of drug-likeness (QED) is 0.773. The summed E-state index contributed by atoms with van der Waals surface area (Å²) in [5, 5.41) is 11.2. The van der Waals surface area contributed by atoms with Crippen LogP contribution in [0.5, 0.6) is 5.88 Å². The zero-order valence-electron chi connectivity index (χ0n) is 8.43.